The van der Waals surface area contributed by atoms with Gasteiger partial charge in [0.25, 0.3) is 0 Å². The minimum Gasteiger partial charge on any atom is -0.467 e. The lowest BCUT2D eigenvalue weighted by Crippen LogP contribution is -2.43. The highest BCUT2D eigenvalue weighted by Gasteiger charge is 2.20. The van der Waals surface area contributed by atoms with Crippen LogP contribution in [0, 0.1) is 0 Å². The molecule has 0 aliphatic rings. The highest BCUT2D eigenvalue weighted by molar-refractivity contribution is 6.19. The first kappa shape index (κ1) is 11.3. The second-order valence-corrected chi connectivity index (χ2v) is 3.42. The first-order chi connectivity index (χ1) is 9.40. The first-order valence-corrected chi connectivity index (χ1v) is 5.47. The fourth-order valence-corrected chi connectivity index (χ4v) is 1.25. The first-order valence-electron chi connectivity index (χ1n) is 6.11. The Morgan fingerprint density at radius 2 is 2.17 bits per heavy atom. The summed E-state index contributed by atoms with van der Waals surface area (Å²) in [6.07, 6.45) is -1.04. The molecule has 0 spiro atoms. The van der Waals surface area contributed by atoms with E-state index in [2.05, 4.69) is 4.74 Å². The van der Waals surface area contributed by atoms with Gasteiger partial charge in [-0.3, -0.25) is 0 Å². The third-order valence-electron chi connectivity index (χ3n) is 1.96. The minimum atomic E-state index is -2.43. The number of alkyl halides is 1. The zero-order valence-corrected chi connectivity index (χ0v) is 10.4. The van der Waals surface area contributed by atoms with Gasteiger partial charge in [0.15, 0.2) is 0 Å². The molecule has 1 unspecified atom stereocenters. The van der Waals surface area contributed by atoms with Crippen LogP contribution in [0.2, 0.25) is 0 Å². The summed E-state index contributed by atoms with van der Waals surface area (Å²) in [5.74, 6) is -2.89. The summed E-state index contributed by atoms with van der Waals surface area (Å²) in [6, 6.07) is 6.43. The molecule has 1 N–H and O–H groups in total. The number of carbonyl (C=O) groups is 2. The molecule has 5 nitrogen and oxygen atoms in total. The molecule has 0 radical (unpaired) electrons. The Balaban J connectivity index is 2.61. The molecule has 1 aromatic carbocycles. The van der Waals surface area contributed by atoms with Crippen LogP contribution in [-0.2, 0) is 20.9 Å². The number of hydrogen-bond donors (Lipinski definition) is 1. The number of alkyl carbamates (subject to hydrolysis) is 1. The van der Waals surface area contributed by atoms with Gasteiger partial charge >= 0.3 is 12.1 Å². The summed E-state index contributed by atoms with van der Waals surface area (Å²) in [5, 5.41) is 1.93. The monoisotopic (exact) mass is 273 g/mol. The fourth-order valence-electron chi connectivity index (χ4n) is 1.10. The molecule has 0 aliphatic carbocycles. The van der Waals surface area contributed by atoms with Crippen LogP contribution in [-0.4, -0.2) is 31.0 Å². The van der Waals surface area contributed by atoms with Gasteiger partial charge in [-0.2, -0.15) is 0 Å². The van der Waals surface area contributed by atoms with Gasteiger partial charge in [-0.1, -0.05) is 30.3 Å². The molecule has 0 saturated heterocycles. The SMILES string of the molecule is [2H]C(Cl)[C@]([2H])(NC(=O)OCc1ccccc1)C(=O)OC. The molecule has 0 heterocycles. The van der Waals surface area contributed by atoms with Crippen molar-refractivity contribution in [1.82, 2.24) is 5.32 Å². The van der Waals surface area contributed by atoms with Gasteiger partial charge in [0.05, 0.1) is 14.3 Å². The van der Waals surface area contributed by atoms with E-state index in [1.807, 2.05) is 11.4 Å². The zero-order chi connectivity index (χ0) is 15.2. The van der Waals surface area contributed by atoms with Gasteiger partial charge in [-0.05, 0) is 5.56 Å². The maximum Gasteiger partial charge on any atom is 0.408 e. The van der Waals surface area contributed by atoms with Crippen molar-refractivity contribution in [3.63, 3.8) is 0 Å². The predicted octanol–water partition coefficient (Wildman–Crippen LogP) is 1.69. The van der Waals surface area contributed by atoms with Crippen molar-refractivity contribution in [3.8, 4) is 0 Å². The summed E-state index contributed by atoms with van der Waals surface area (Å²) in [5.41, 5.74) is 0.740. The number of esters is 1. The van der Waals surface area contributed by atoms with Crippen LogP contribution >= 0.6 is 11.6 Å². The topological polar surface area (TPSA) is 64.6 Å². The van der Waals surface area contributed by atoms with Gasteiger partial charge in [-0.15, -0.1) is 11.6 Å². The molecule has 1 aromatic rings. The van der Waals surface area contributed by atoms with Crippen LogP contribution in [0.3, 0.4) is 0 Å². The van der Waals surface area contributed by atoms with Gasteiger partial charge < -0.3 is 14.8 Å². The number of nitrogens with one attached hydrogen (secondary N) is 1. The Kier molecular flexibility index (Phi) is 4.76. The van der Waals surface area contributed by atoms with Crippen LogP contribution in [0.5, 0.6) is 0 Å². The van der Waals surface area contributed by atoms with Gasteiger partial charge in [0.2, 0.25) is 0 Å². The predicted molar refractivity (Wildman–Crippen MR) is 66.3 cm³/mol. The van der Waals surface area contributed by atoms with Crippen LogP contribution in [0.25, 0.3) is 0 Å². The smallest absolute Gasteiger partial charge is 0.408 e. The second kappa shape index (κ2) is 7.55. The van der Waals surface area contributed by atoms with E-state index in [4.69, 9.17) is 19.1 Å². The van der Waals surface area contributed by atoms with Crippen molar-refractivity contribution in [2.75, 3.05) is 13.0 Å². The van der Waals surface area contributed by atoms with E-state index in [-0.39, 0.29) is 6.61 Å². The Hall–Kier alpha value is -1.75. The number of methoxy groups -OCH3 is 1. The van der Waals surface area contributed by atoms with Crippen molar-refractivity contribution in [1.29, 1.82) is 0 Å². The van der Waals surface area contributed by atoms with Crippen LogP contribution < -0.4 is 5.32 Å². The van der Waals surface area contributed by atoms with E-state index in [0.717, 1.165) is 12.7 Å². The molecule has 0 saturated carbocycles. The lowest BCUT2D eigenvalue weighted by atomic mass is 10.2. The van der Waals surface area contributed by atoms with Gasteiger partial charge in [0.1, 0.15) is 12.6 Å². The van der Waals surface area contributed by atoms with E-state index in [1.54, 1.807) is 24.3 Å². The average Bonchev–Trinajstić information content (AvgIpc) is 2.45. The summed E-state index contributed by atoms with van der Waals surface area (Å²) >= 11 is 5.43. The number of amides is 1. The molecule has 0 fully saturated rings. The third kappa shape index (κ3) is 4.63. The maximum atomic E-state index is 11.6. The Bertz CT molecular complexity index is 472. The lowest BCUT2D eigenvalue weighted by Gasteiger charge is -2.13. The average molecular weight is 274 g/mol. The Labute approximate surface area is 113 Å². The molecule has 2 atom stereocenters. The quantitative estimate of drug-likeness (QED) is 0.655. The molecule has 0 aromatic heterocycles. The van der Waals surface area contributed by atoms with Crippen molar-refractivity contribution in [2.24, 2.45) is 0 Å². The highest BCUT2D eigenvalue weighted by atomic mass is 35.5. The molecular formula is C12H14ClNO4. The number of ether oxygens (including phenoxy) is 2. The van der Waals surface area contributed by atoms with Crippen molar-refractivity contribution in [2.45, 2.75) is 12.6 Å². The Morgan fingerprint density at radius 3 is 2.72 bits per heavy atom. The largest absolute Gasteiger partial charge is 0.467 e. The maximum absolute atomic E-state index is 11.6. The van der Waals surface area contributed by atoms with Crippen LogP contribution in [0.15, 0.2) is 30.3 Å². The molecule has 1 rings (SSSR count). The van der Waals surface area contributed by atoms with Crippen molar-refractivity contribution >= 4 is 23.7 Å². The minimum absolute atomic E-state index is 0.0329. The van der Waals surface area contributed by atoms with E-state index < -0.39 is 23.9 Å². The summed E-state index contributed by atoms with van der Waals surface area (Å²) in [4.78, 5) is 23.0. The second-order valence-electron chi connectivity index (χ2n) is 3.20. The molecule has 98 valence electrons. The van der Waals surface area contributed by atoms with E-state index >= 15 is 0 Å². The van der Waals surface area contributed by atoms with Gasteiger partial charge in [0, 0.05) is 1.37 Å². The van der Waals surface area contributed by atoms with Crippen LogP contribution in [0.1, 0.15) is 8.30 Å². The Morgan fingerprint density at radius 1 is 1.50 bits per heavy atom. The van der Waals surface area contributed by atoms with Crippen molar-refractivity contribution < 1.29 is 21.8 Å². The fraction of sp³-hybridized carbons (Fsp3) is 0.333. The molecule has 0 aliphatic heterocycles. The van der Waals surface area contributed by atoms with Crippen LogP contribution in [0.4, 0.5) is 4.79 Å². The molecule has 1 amide bonds. The van der Waals surface area contributed by atoms with Crippen molar-refractivity contribution in [3.05, 3.63) is 35.9 Å². The van der Waals surface area contributed by atoms with Gasteiger partial charge in [-0.25, -0.2) is 9.59 Å². The highest BCUT2D eigenvalue weighted by Crippen LogP contribution is 2.01. The molecule has 0 bridgehead atoms. The van der Waals surface area contributed by atoms with E-state index in [1.165, 1.54) is 0 Å². The molecule has 6 heteroatoms. The number of hydrogen-bond acceptors (Lipinski definition) is 4. The number of carbonyl (C=O) groups excluding carboxylic acids is 2. The summed E-state index contributed by atoms with van der Waals surface area (Å²) in [7, 11) is 1.03. The van der Waals surface area contributed by atoms with E-state index in [0.29, 0.717) is 0 Å². The molecular weight excluding hydrogens is 258 g/mol. The lowest BCUT2D eigenvalue weighted by molar-refractivity contribution is -0.142. The number of halogens is 1. The standard InChI is InChI=1S/C12H14ClNO4/c1-17-11(15)10(7-13)14-12(16)18-8-9-5-3-2-4-6-9/h2-6,10H,7-8H2,1H3,(H,14,16)/t10-/m0/s1/i7D,10D/t7?,10-. The third-order valence-corrected chi connectivity index (χ3v) is 2.18. The summed E-state index contributed by atoms with van der Waals surface area (Å²) in [6.45, 7) is -0.0329. The number of benzene rings is 1. The summed E-state index contributed by atoms with van der Waals surface area (Å²) < 4.78 is 24.1. The normalized spacial score (nSPS) is 16.6. The molecule has 18 heavy (non-hydrogen) atoms. The zero-order valence-electron chi connectivity index (χ0n) is 11.7. The van der Waals surface area contributed by atoms with E-state index in [9.17, 15) is 9.59 Å². The number of rotatable bonds is 5.